The van der Waals surface area contributed by atoms with E-state index in [1.807, 2.05) is 77.8 Å². The van der Waals surface area contributed by atoms with Gasteiger partial charge in [0.25, 0.3) is 11.8 Å². The topological polar surface area (TPSA) is 137 Å². The van der Waals surface area contributed by atoms with Crippen LogP contribution in [0.15, 0.2) is 96.0 Å². The Balaban J connectivity index is 0.953. The second-order valence-electron chi connectivity index (χ2n) is 15.1. The average Bonchev–Trinajstić information content (AvgIpc) is 3.77. The van der Waals surface area contributed by atoms with Gasteiger partial charge in [0, 0.05) is 49.1 Å². The number of esters is 1. The predicted molar refractivity (Wildman–Crippen MR) is 226 cm³/mol. The summed E-state index contributed by atoms with van der Waals surface area (Å²) in [6.45, 7) is 1.13. The smallest absolute Gasteiger partial charge is 0.305 e. The van der Waals surface area contributed by atoms with Crippen LogP contribution < -0.4 is 38.8 Å². The van der Waals surface area contributed by atoms with Gasteiger partial charge in [0.1, 0.15) is 19.0 Å². The number of benzene rings is 5. The van der Waals surface area contributed by atoms with Crippen LogP contribution in [-0.4, -0.2) is 70.6 Å². The zero-order valence-electron chi connectivity index (χ0n) is 33.6. The Morgan fingerprint density at radius 2 is 1.35 bits per heavy atom. The first-order valence-electron chi connectivity index (χ1n) is 19.9. The van der Waals surface area contributed by atoms with Crippen molar-refractivity contribution < 1.29 is 42.8 Å². The molecule has 0 bridgehead atoms. The van der Waals surface area contributed by atoms with Crippen LogP contribution >= 0.6 is 0 Å². The minimum Gasteiger partial charge on any atom is -0.494 e. The van der Waals surface area contributed by atoms with Crippen molar-refractivity contribution in [2.45, 2.75) is 51.0 Å². The number of methoxy groups -OCH3 is 3. The summed E-state index contributed by atoms with van der Waals surface area (Å²) in [6, 6.07) is 28.4. The van der Waals surface area contributed by atoms with Crippen LogP contribution in [0.4, 0.5) is 22.7 Å². The van der Waals surface area contributed by atoms with Crippen LogP contribution in [-0.2, 0) is 35.6 Å². The largest absolute Gasteiger partial charge is 0.494 e. The predicted octanol–water partition coefficient (Wildman–Crippen LogP) is 7.48. The van der Waals surface area contributed by atoms with Crippen LogP contribution in [0.2, 0.25) is 0 Å². The van der Waals surface area contributed by atoms with Crippen LogP contribution in [0.25, 0.3) is 0 Å². The number of hydrogen-bond acceptors (Lipinski definition) is 11. The first-order chi connectivity index (χ1) is 29.3. The minimum atomic E-state index is -0.308. The molecule has 0 spiro atoms. The third-order valence-corrected chi connectivity index (χ3v) is 11.3. The number of rotatable bonds is 13. The maximum atomic E-state index is 14.0. The Hall–Kier alpha value is -7.02. The average molecular weight is 809 g/mol. The summed E-state index contributed by atoms with van der Waals surface area (Å²) in [5, 5.41) is 3.48. The number of para-hydroxylation sites is 2. The minimum absolute atomic E-state index is 0.00877. The van der Waals surface area contributed by atoms with Gasteiger partial charge in [-0.2, -0.15) is 0 Å². The van der Waals surface area contributed by atoms with Crippen molar-refractivity contribution >= 4 is 46.7 Å². The van der Waals surface area contributed by atoms with E-state index in [2.05, 4.69) is 11.4 Å². The molecular formula is C47H44N4O9. The molecule has 5 aromatic carbocycles. The Bertz CT molecular complexity index is 2540. The lowest BCUT2D eigenvalue weighted by Crippen LogP contribution is -2.39. The van der Waals surface area contributed by atoms with Crippen LogP contribution in [0.3, 0.4) is 0 Å². The van der Waals surface area contributed by atoms with Crippen LogP contribution in [0.5, 0.6) is 28.7 Å². The van der Waals surface area contributed by atoms with Crippen molar-refractivity contribution in [2.75, 3.05) is 49.6 Å². The molecule has 9 rings (SSSR count). The summed E-state index contributed by atoms with van der Waals surface area (Å²) in [6.07, 6.45) is 3.98. The second kappa shape index (κ2) is 16.3. The normalized spacial score (nSPS) is 16.9. The van der Waals surface area contributed by atoms with Crippen LogP contribution in [0, 0.1) is 0 Å². The highest BCUT2D eigenvalue weighted by atomic mass is 16.5. The highest BCUT2D eigenvalue weighted by molar-refractivity contribution is 6.15. The van der Waals surface area contributed by atoms with E-state index in [1.54, 1.807) is 30.2 Å². The fourth-order valence-electron chi connectivity index (χ4n) is 8.41. The first kappa shape index (κ1) is 38.5. The molecule has 4 heterocycles. The zero-order valence-corrected chi connectivity index (χ0v) is 33.6. The van der Waals surface area contributed by atoms with Gasteiger partial charge >= 0.3 is 5.97 Å². The number of aliphatic imine (C=N–C) groups is 1. The quantitative estimate of drug-likeness (QED) is 0.0942. The molecule has 0 radical (unpaired) electrons. The van der Waals surface area contributed by atoms with Gasteiger partial charge in [0.2, 0.25) is 0 Å². The lowest BCUT2D eigenvalue weighted by Gasteiger charge is -2.22. The number of carbonyl (C=O) groups excluding carboxylic acids is 3. The molecule has 13 nitrogen and oxygen atoms in total. The Morgan fingerprint density at radius 1 is 0.717 bits per heavy atom. The van der Waals surface area contributed by atoms with Crippen molar-refractivity contribution in [1.82, 2.24) is 0 Å². The van der Waals surface area contributed by atoms with E-state index < -0.39 is 0 Å². The van der Waals surface area contributed by atoms with E-state index in [9.17, 15) is 14.4 Å². The monoisotopic (exact) mass is 808 g/mol. The van der Waals surface area contributed by atoms with Gasteiger partial charge in [0.15, 0.2) is 23.0 Å². The van der Waals surface area contributed by atoms with Crippen molar-refractivity contribution in [3.8, 4) is 28.7 Å². The number of nitrogens with one attached hydrogen (secondary N) is 1. The molecule has 306 valence electrons. The molecule has 0 aromatic heterocycles. The standard InChI is InChI=1S/C47H44N4O9/c1-55-41-20-35-37(48-24-32-18-30-9-4-6-11-39(30)50(32)46(35)53)22-43(41)59-26-28-15-29(17-34(16-28)58-14-8-13-45(52)57-3)27-60-44-23-38-36(21-42(44)56-2)47(54)51-33(25-49-38)19-31-10-5-7-12-40(31)51/h4-7,9-12,15-17,20-24,32-33,49H,8,13-14,18-19,25-27H2,1-3H3/t32-,33-/m0/s1. The molecule has 0 saturated heterocycles. The van der Waals surface area contributed by atoms with Crippen molar-refractivity contribution in [1.29, 1.82) is 0 Å². The summed E-state index contributed by atoms with van der Waals surface area (Å²) in [7, 11) is 4.45. The van der Waals surface area contributed by atoms with Gasteiger partial charge in [-0.25, -0.2) is 0 Å². The number of hydrogen-bond donors (Lipinski definition) is 1. The molecule has 1 N–H and O–H groups in total. The third kappa shape index (κ3) is 7.31. The van der Waals surface area contributed by atoms with Gasteiger partial charge in [0.05, 0.1) is 62.5 Å². The Labute approximate surface area is 347 Å². The summed E-state index contributed by atoms with van der Waals surface area (Å²) in [4.78, 5) is 48.1. The Morgan fingerprint density at radius 3 is 2.05 bits per heavy atom. The van der Waals surface area contributed by atoms with Gasteiger partial charge in [-0.1, -0.05) is 36.4 Å². The number of nitrogens with zero attached hydrogens (tertiary/aromatic N) is 3. The molecule has 2 atom stereocenters. The first-order valence-corrected chi connectivity index (χ1v) is 19.9. The summed E-state index contributed by atoms with van der Waals surface area (Å²) >= 11 is 0. The highest BCUT2D eigenvalue weighted by Gasteiger charge is 2.38. The second-order valence-corrected chi connectivity index (χ2v) is 15.1. The van der Waals surface area contributed by atoms with E-state index in [1.165, 1.54) is 14.2 Å². The third-order valence-electron chi connectivity index (χ3n) is 11.3. The van der Waals surface area contributed by atoms with Gasteiger partial charge < -0.3 is 38.6 Å². The molecule has 5 aromatic rings. The number of fused-ring (bicyclic) bond motifs is 8. The van der Waals surface area contributed by atoms with E-state index in [4.69, 9.17) is 33.4 Å². The van der Waals surface area contributed by atoms with E-state index in [-0.39, 0.29) is 56.1 Å². The lowest BCUT2D eigenvalue weighted by atomic mass is 10.1. The van der Waals surface area contributed by atoms with E-state index >= 15 is 0 Å². The fourth-order valence-corrected chi connectivity index (χ4v) is 8.41. The van der Waals surface area contributed by atoms with Crippen molar-refractivity contribution in [3.05, 3.63) is 124 Å². The molecule has 4 aliphatic heterocycles. The molecule has 0 saturated carbocycles. The highest BCUT2D eigenvalue weighted by Crippen LogP contribution is 2.43. The molecule has 2 amide bonds. The molecule has 0 fully saturated rings. The fraction of sp³-hybridized carbons (Fsp3) is 0.277. The SMILES string of the molecule is COC(=O)CCCOc1cc(COc2cc3c(cc2OC)C(=O)N2c4ccccc4C[C@H]2C=N3)cc(COc2cc3c(cc2OC)C(=O)N2c4ccccc4C[C@H]2CN3)c1. The molecule has 0 unspecified atom stereocenters. The summed E-state index contributed by atoms with van der Waals surface area (Å²) < 4.78 is 35.2. The lowest BCUT2D eigenvalue weighted by molar-refractivity contribution is -0.140. The number of carbonyl (C=O) groups is 3. The van der Waals surface area contributed by atoms with Crippen LogP contribution in [0.1, 0.15) is 55.8 Å². The van der Waals surface area contributed by atoms with Gasteiger partial charge in [-0.05, 0) is 77.6 Å². The number of amides is 2. The van der Waals surface area contributed by atoms with Crippen molar-refractivity contribution in [3.63, 3.8) is 0 Å². The van der Waals surface area contributed by atoms with E-state index in [0.717, 1.165) is 40.0 Å². The molecule has 13 heteroatoms. The molecule has 60 heavy (non-hydrogen) atoms. The molecular weight excluding hydrogens is 765 g/mol. The van der Waals surface area contributed by atoms with Gasteiger partial charge in [-0.15, -0.1) is 0 Å². The summed E-state index contributed by atoms with van der Waals surface area (Å²) in [5.74, 6) is 1.73. The van der Waals surface area contributed by atoms with Crippen molar-refractivity contribution in [2.24, 2.45) is 4.99 Å². The molecule has 4 aliphatic rings. The summed E-state index contributed by atoms with van der Waals surface area (Å²) in [5.41, 5.74) is 7.74. The maximum Gasteiger partial charge on any atom is 0.305 e. The Kier molecular flexibility index (Phi) is 10.5. The number of anilines is 3. The van der Waals surface area contributed by atoms with E-state index in [0.29, 0.717) is 70.6 Å². The zero-order chi connectivity index (χ0) is 41.3. The molecule has 0 aliphatic carbocycles. The number of ether oxygens (including phenoxy) is 6. The maximum absolute atomic E-state index is 14.0. The van der Waals surface area contributed by atoms with Gasteiger partial charge in [-0.3, -0.25) is 24.3 Å².